The topological polar surface area (TPSA) is 21.3 Å². The lowest BCUT2D eigenvalue weighted by molar-refractivity contribution is 0.0831. The Hall–Kier alpha value is -0.380. The van der Waals surface area contributed by atoms with Gasteiger partial charge in [0, 0.05) is 7.11 Å². The number of hydrogen-bond acceptors (Lipinski definition) is 3. The normalized spacial score (nSPS) is 15.4. The van der Waals surface area contributed by atoms with Crippen LogP contribution in [0, 0.1) is 0 Å². The van der Waals surface area contributed by atoms with E-state index in [0.717, 1.165) is 13.0 Å². The van der Waals surface area contributed by atoms with Gasteiger partial charge in [0.05, 0.1) is 12.1 Å². The van der Waals surface area contributed by atoms with Crippen molar-refractivity contribution in [2.24, 2.45) is 0 Å². The molecule has 0 bridgehead atoms. The minimum Gasteiger partial charge on any atom is -0.380 e. The highest BCUT2D eigenvalue weighted by Crippen LogP contribution is 2.21. The third kappa shape index (κ3) is 3.08. The molecule has 2 nitrogen and oxygen atoms in total. The van der Waals surface area contributed by atoms with E-state index in [0.29, 0.717) is 6.04 Å². The molecular formula is C11H19NOS. The van der Waals surface area contributed by atoms with Crippen molar-refractivity contribution in [2.75, 3.05) is 13.7 Å². The first-order valence-corrected chi connectivity index (χ1v) is 6.02. The van der Waals surface area contributed by atoms with E-state index in [1.807, 2.05) is 0 Å². The average molecular weight is 213 g/mol. The fraction of sp³-hybridized carbons (Fsp3) is 0.636. The van der Waals surface area contributed by atoms with Crippen LogP contribution in [0.25, 0.3) is 0 Å². The maximum absolute atomic E-state index is 5.38. The van der Waals surface area contributed by atoms with Gasteiger partial charge in [-0.15, -0.1) is 0 Å². The summed E-state index contributed by atoms with van der Waals surface area (Å²) in [7, 11) is 1.76. The molecular weight excluding hydrogens is 194 g/mol. The lowest BCUT2D eigenvalue weighted by atomic mass is 10.1. The number of thiophene rings is 1. The molecule has 1 heterocycles. The molecule has 0 saturated carbocycles. The second-order valence-electron chi connectivity index (χ2n) is 3.43. The van der Waals surface area contributed by atoms with E-state index in [4.69, 9.17) is 4.74 Å². The van der Waals surface area contributed by atoms with Crippen LogP contribution >= 0.6 is 11.3 Å². The molecule has 0 aromatic carbocycles. The van der Waals surface area contributed by atoms with Crippen LogP contribution in [-0.2, 0) is 4.74 Å². The Kier molecular flexibility index (Phi) is 5.15. The van der Waals surface area contributed by atoms with Crippen LogP contribution in [-0.4, -0.2) is 19.8 Å². The Labute approximate surface area is 90.3 Å². The molecule has 2 unspecified atom stereocenters. The summed E-state index contributed by atoms with van der Waals surface area (Å²) in [5, 5.41) is 7.80. The standard InChI is InChI=1S/C11H19NOS/c1-4-6-12-11(9(2)13-3)10-5-7-14-8-10/h5,7-9,11-12H,4,6H2,1-3H3. The number of hydrogen-bond donors (Lipinski definition) is 1. The van der Waals surface area contributed by atoms with Gasteiger partial charge in [-0.25, -0.2) is 0 Å². The summed E-state index contributed by atoms with van der Waals surface area (Å²) >= 11 is 1.73. The monoisotopic (exact) mass is 213 g/mol. The van der Waals surface area contributed by atoms with Crippen molar-refractivity contribution in [1.82, 2.24) is 5.32 Å². The highest BCUT2D eigenvalue weighted by Gasteiger charge is 2.17. The lowest BCUT2D eigenvalue weighted by Gasteiger charge is -2.23. The maximum Gasteiger partial charge on any atom is 0.0738 e. The summed E-state index contributed by atoms with van der Waals surface area (Å²) in [6, 6.07) is 2.49. The molecule has 80 valence electrons. The maximum atomic E-state index is 5.38. The van der Waals surface area contributed by atoms with Crippen LogP contribution in [0.2, 0.25) is 0 Å². The molecule has 1 aromatic rings. The summed E-state index contributed by atoms with van der Waals surface area (Å²) in [5.74, 6) is 0. The molecule has 0 aliphatic carbocycles. The number of nitrogens with one attached hydrogen (secondary N) is 1. The van der Waals surface area contributed by atoms with Crippen LogP contribution in [0.5, 0.6) is 0 Å². The van der Waals surface area contributed by atoms with Gasteiger partial charge in [-0.05, 0) is 42.3 Å². The van der Waals surface area contributed by atoms with Gasteiger partial charge in [0.2, 0.25) is 0 Å². The molecule has 14 heavy (non-hydrogen) atoms. The van der Waals surface area contributed by atoms with Gasteiger partial charge in [0.1, 0.15) is 0 Å². The van der Waals surface area contributed by atoms with Crippen molar-refractivity contribution in [3.63, 3.8) is 0 Å². The van der Waals surface area contributed by atoms with Crippen molar-refractivity contribution in [1.29, 1.82) is 0 Å². The Morgan fingerprint density at radius 3 is 2.86 bits per heavy atom. The quantitative estimate of drug-likeness (QED) is 0.784. The Balaban J connectivity index is 2.62. The van der Waals surface area contributed by atoms with Gasteiger partial charge in [-0.3, -0.25) is 0 Å². The summed E-state index contributed by atoms with van der Waals surface area (Å²) in [5.41, 5.74) is 1.33. The Morgan fingerprint density at radius 1 is 1.57 bits per heavy atom. The van der Waals surface area contributed by atoms with Gasteiger partial charge in [0.25, 0.3) is 0 Å². The molecule has 0 fully saturated rings. The number of ether oxygens (including phenoxy) is 1. The van der Waals surface area contributed by atoms with Crippen LogP contribution < -0.4 is 5.32 Å². The lowest BCUT2D eigenvalue weighted by Crippen LogP contribution is -2.31. The van der Waals surface area contributed by atoms with Crippen LogP contribution in [0.15, 0.2) is 16.8 Å². The zero-order valence-electron chi connectivity index (χ0n) is 9.12. The zero-order valence-corrected chi connectivity index (χ0v) is 9.93. The molecule has 1 aromatic heterocycles. The zero-order chi connectivity index (χ0) is 10.4. The van der Waals surface area contributed by atoms with Crippen molar-refractivity contribution in [2.45, 2.75) is 32.4 Å². The number of methoxy groups -OCH3 is 1. The third-order valence-corrected chi connectivity index (χ3v) is 3.06. The predicted molar refractivity (Wildman–Crippen MR) is 61.8 cm³/mol. The van der Waals surface area contributed by atoms with Crippen molar-refractivity contribution >= 4 is 11.3 Å². The first-order valence-electron chi connectivity index (χ1n) is 5.07. The van der Waals surface area contributed by atoms with E-state index in [1.165, 1.54) is 5.56 Å². The minimum absolute atomic E-state index is 0.219. The fourth-order valence-electron chi connectivity index (χ4n) is 1.44. The molecule has 0 aliphatic heterocycles. The molecule has 2 atom stereocenters. The second kappa shape index (κ2) is 6.17. The van der Waals surface area contributed by atoms with Gasteiger partial charge in [-0.2, -0.15) is 11.3 Å². The van der Waals surface area contributed by atoms with Crippen LogP contribution in [0.3, 0.4) is 0 Å². The van der Waals surface area contributed by atoms with Crippen molar-refractivity contribution in [3.8, 4) is 0 Å². The number of rotatable bonds is 6. The summed E-state index contributed by atoms with van der Waals surface area (Å²) in [4.78, 5) is 0. The average Bonchev–Trinajstić information content (AvgIpc) is 2.71. The molecule has 0 spiro atoms. The molecule has 0 saturated heterocycles. The first kappa shape index (κ1) is 11.7. The van der Waals surface area contributed by atoms with E-state index in [1.54, 1.807) is 18.4 Å². The van der Waals surface area contributed by atoms with Crippen molar-refractivity contribution < 1.29 is 4.74 Å². The molecule has 1 rings (SSSR count). The smallest absolute Gasteiger partial charge is 0.0738 e. The van der Waals surface area contributed by atoms with E-state index in [2.05, 4.69) is 36.0 Å². The van der Waals surface area contributed by atoms with E-state index >= 15 is 0 Å². The van der Waals surface area contributed by atoms with E-state index < -0.39 is 0 Å². The molecule has 0 aliphatic rings. The SMILES string of the molecule is CCCNC(c1ccsc1)C(C)OC. The van der Waals surface area contributed by atoms with Crippen LogP contribution in [0.4, 0.5) is 0 Å². The summed E-state index contributed by atoms with van der Waals surface area (Å²) in [6.45, 7) is 5.31. The van der Waals surface area contributed by atoms with Gasteiger partial charge in [0.15, 0.2) is 0 Å². The van der Waals surface area contributed by atoms with Crippen molar-refractivity contribution in [3.05, 3.63) is 22.4 Å². The summed E-state index contributed by atoms with van der Waals surface area (Å²) in [6.07, 6.45) is 1.37. The van der Waals surface area contributed by atoms with Crippen LogP contribution in [0.1, 0.15) is 31.9 Å². The van der Waals surface area contributed by atoms with E-state index in [-0.39, 0.29) is 6.10 Å². The molecule has 0 amide bonds. The molecule has 1 N–H and O–H groups in total. The Bertz CT molecular complexity index is 235. The largest absolute Gasteiger partial charge is 0.380 e. The Morgan fingerprint density at radius 2 is 2.36 bits per heavy atom. The predicted octanol–water partition coefficient (Wildman–Crippen LogP) is 2.82. The second-order valence-corrected chi connectivity index (χ2v) is 4.21. The van der Waals surface area contributed by atoms with E-state index in [9.17, 15) is 0 Å². The summed E-state index contributed by atoms with van der Waals surface area (Å²) < 4.78 is 5.38. The highest BCUT2D eigenvalue weighted by atomic mass is 32.1. The van der Waals surface area contributed by atoms with Gasteiger partial charge < -0.3 is 10.1 Å². The fourth-order valence-corrected chi connectivity index (χ4v) is 2.14. The first-order chi connectivity index (χ1) is 6.79. The molecule has 3 heteroatoms. The third-order valence-electron chi connectivity index (χ3n) is 2.36. The highest BCUT2D eigenvalue weighted by molar-refractivity contribution is 7.07. The molecule has 0 radical (unpaired) electrons. The van der Waals surface area contributed by atoms with Gasteiger partial charge in [-0.1, -0.05) is 6.92 Å². The minimum atomic E-state index is 0.219. The van der Waals surface area contributed by atoms with Gasteiger partial charge >= 0.3 is 0 Å².